The molecule has 1 spiro atoms. The summed E-state index contributed by atoms with van der Waals surface area (Å²) in [4.78, 5) is 31.7. The first-order valence-corrected chi connectivity index (χ1v) is 11.6. The minimum Gasteiger partial charge on any atom is -0.454 e. The summed E-state index contributed by atoms with van der Waals surface area (Å²) in [6.07, 6.45) is 0.228. The first-order valence-electron chi connectivity index (χ1n) is 8.64. The molecule has 3 fully saturated rings. The van der Waals surface area contributed by atoms with Crippen LogP contribution in [0, 0.1) is 6.57 Å². The molecular weight excluding hydrogens is 466 g/mol. The summed E-state index contributed by atoms with van der Waals surface area (Å²) in [5, 5.41) is 0. The monoisotopic (exact) mass is 481 g/mol. The molecule has 1 aromatic carbocycles. The van der Waals surface area contributed by atoms with Crippen LogP contribution in [0.2, 0.25) is 0 Å². The molecule has 2 bridgehead atoms. The molecule has 4 aliphatic heterocycles. The summed E-state index contributed by atoms with van der Waals surface area (Å²) in [5.74, 6) is 0.820. The highest BCUT2D eigenvalue weighted by Gasteiger charge is 2.82. The lowest BCUT2D eigenvalue weighted by Crippen LogP contribution is -2.60. The summed E-state index contributed by atoms with van der Waals surface area (Å²) >= 11 is 9.36. The van der Waals surface area contributed by atoms with Crippen molar-refractivity contribution in [3.05, 3.63) is 33.6 Å². The van der Waals surface area contributed by atoms with Gasteiger partial charge in [0.15, 0.2) is 21.2 Å². The molecule has 1 aromatic rings. The van der Waals surface area contributed by atoms with Gasteiger partial charge in [0, 0.05) is 24.0 Å². The molecule has 2 amide bonds. The van der Waals surface area contributed by atoms with Gasteiger partial charge < -0.3 is 24.1 Å². The fourth-order valence-electron chi connectivity index (χ4n) is 4.92. The van der Waals surface area contributed by atoms with E-state index in [1.165, 1.54) is 4.90 Å². The van der Waals surface area contributed by atoms with Crippen LogP contribution >= 0.6 is 15.9 Å². The predicted molar refractivity (Wildman–Crippen MR) is 108 cm³/mol. The SMILES string of the molecule is [C-]#[N+][C@@]1(C)C[C@]23C(=O)N(C)[C@@](C)(C(=O)N2C1c1cc2c(cc1Br)OCO2)S3=S. The lowest BCUT2D eigenvalue weighted by molar-refractivity contribution is -0.159. The summed E-state index contributed by atoms with van der Waals surface area (Å²) in [6, 6.07) is 2.98. The number of likely N-dealkylation sites (N-methyl/N-ethyl adjacent to an activating group) is 1. The van der Waals surface area contributed by atoms with Crippen molar-refractivity contribution in [1.29, 1.82) is 0 Å². The van der Waals surface area contributed by atoms with E-state index in [1.807, 2.05) is 0 Å². The van der Waals surface area contributed by atoms with E-state index in [9.17, 15) is 9.59 Å². The van der Waals surface area contributed by atoms with Crippen LogP contribution in [0.5, 0.6) is 11.5 Å². The average Bonchev–Trinajstić information content (AvgIpc) is 3.30. The number of rotatable bonds is 1. The van der Waals surface area contributed by atoms with Crippen molar-refractivity contribution in [1.82, 2.24) is 9.80 Å². The van der Waals surface area contributed by atoms with Crippen molar-refractivity contribution < 1.29 is 19.1 Å². The van der Waals surface area contributed by atoms with E-state index in [0.29, 0.717) is 16.0 Å². The summed E-state index contributed by atoms with van der Waals surface area (Å²) < 4.78 is 11.6. The van der Waals surface area contributed by atoms with Crippen LogP contribution in [0.15, 0.2) is 16.6 Å². The summed E-state index contributed by atoms with van der Waals surface area (Å²) in [6.45, 7) is 11.6. The van der Waals surface area contributed by atoms with Crippen molar-refractivity contribution in [3.63, 3.8) is 0 Å². The Labute approximate surface area is 177 Å². The van der Waals surface area contributed by atoms with Crippen molar-refractivity contribution in [2.75, 3.05) is 13.8 Å². The minimum atomic E-state index is -1.14. The van der Waals surface area contributed by atoms with E-state index in [1.54, 1.807) is 37.9 Å². The molecule has 0 aliphatic carbocycles. The molecule has 0 saturated carbocycles. The number of carbonyl (C=O) groups excluding carboxylic acids is 2. The van der Waals surface area contributed by atoms with Gasteiger partial charge in [0.1, 0.15) is 6.04 Å². The quantitative estimate of drug-likeness (QED) is 0.574. The highest BCUT2D eigenvalue weighted by molar-refractivity contribution is 9.10. The normalized spacial score (nSPS) is 40.2. The van der Waals surface area contributed by atoms with E-state index in [4.69, 9.17) is 27.2 Å². The number of nitrogens with zero attached hydrogens (tertiary/aromatic N) is 3. The van der Waals surface area contributed by atoms with Crippen LogP contribution in [0.3, 0.4) is 0 Å². The molecule has 2 unspecified atom stereocenters. The standard InChI is InChI=1S/C18H16BrN3O4S2/c1-16(20-3)7-18-15(24)21(4)17(2,28(18)27)14(23)22(18)13(16)9-5-11-12(6-10(9)19)26-8-25-11/h5-6,13H,7-8H2,1-2,4H3/t13?,16-,17+,18-,28?/m0/s1. The van der Waals surface area contributed by atoms with Crippen LogP contribution in [0.25, 0.3) is 4.85 Å². The van der Waals surface area contributed by atoms with Gasteiger partial charge in [-0.05, 0) is 39.7 Å². The largest absolute Gasteiger partial charge is 0.454 e. The first kappa shape index (κ1) is 18.3. The maximum atomic E-state index is 13.6. The molecule has 0 aromatic heterocycles. The number of benzene rings is 1. The van der Waals surface area contributed by atoms with Gasteiger partial charge in [-0.2, -0.15) is 0 Å². The Bertz CT molecular complexity index is 1060. The second-order valence-electron chi connectivity index (χ2n) is 7.85. The van der Waals surface area contributed by atoms with Crippen molar-refractivity contribution in [3.8, 4) is 11.5 Å². The maximum Gasteiger partial charge on any atom is 0.261 e. The van der Waals surface area contributed by atoms with E-state index in [0.717, 1.165) is 5.56 Å². The highest BCUT2D eigenvalue weighted by Crippen LogP contribution is 2.64. The molecule has 7 nitrogen and oxygen atoms in total. The van der Waals surface area contributed by atoms with E-state index >= 15 is 0 Å². The van der Waals surface area contributed by atoms with Crippen LogP contribution < -0.4 is 9.47 Å². The average molecular weight is 482 g/mol. The third-order valence-electron chi connectivity index (χ3n) is 6.44. The van der Waals surface area contributed by atoms with E-state index < -0.39 is 30.8 Å². The number of ether oxygens (including phenoxy) is 2. The van der Waals surface area contributed by atoms with Crippen LogP contribution in [-0.2, 0) is 30.2 Å². The van der Waals surface area contributed by atoms with Gasteiger partial charge in [-0.25, -0.2) is 6.57 Å². The topological polar surface area (TPSA) is 63.4 Å². The number of piperazine rings is 1. The Morgan fingerprint density at radius 1 is 1.29 bits per heavy atom. The molecule has 5 atom stereocenters. The van der Waals surface area contributed by atoms with Crippen molar-refractivity contribution in [2.45, 2.75) is 41.6 Å². The molecule has 5 rings (SSSR count). The predicted octanol–water partition coefficient (Wildman–Crippen LogP) is 2.11. The first-order chi connectivity index (χ1) is 13.1. The number of amides is 2. The van der Waals surface area contributed by atoms with Gasteiger partial charge in [-0.15, -0.1) is 0 Å². The zero-order valence-electron chi connectivity index (χ0n) is 15.3. The Morgan fingerprint density at radius 2 is 1.93 bits per heavy atom. The lowest BCUT2D eigenvalue weighted by atomic mass is 9.87. The number of fused-ring (bicyclic) bond motifs is 2. The number of carbonyl (C=O) groups is 2. The Kier molecular flexibility index (Phi) is 3.44. The molecular formula is C18H16BrN3O4S2. The van der Waals surface area contributed by atoms with Gasteiger partial charge in [0.25, 0.3) is 17.4 Å². The fraction of sp³-hybridized carbons (Fsp3) is 0.500. The van der Waals surface area contributed by atoms with Gasteiger partial charge in [-0.3, -0.25) is 9.59 Å². The Hall–Kier alpha value is -1.70. The number of hydrogen-bond donors (Lipinski definition) is 0. The third kappa shape index (κ3) is 1.73. The Morgan fingerprint density at radius 3 is 2.57 bits per heavy atom. The highest BCUT2D eigenvalue weighted by atomic mass is 79.9. The molecule has 0 radical (unpaired) electrons. The van der Waals surface area contributed by atoms with Gasteiger partial charge in [-0.1, -0.05) is 15.9 Å². The third-order valence-corrected chi connectivity index (χ3v) is 11.2. The fourth-order valence-corrected chi connectivity index (χ4v) is 8.97. The molecule has 10 heteroatoms. The molecule has 3 saturated heterocycles. The molecule has 4 heterocycles. The maximum absolute atomic E-state index is 13.6. The molecule has 0 N–H and O–H groups in total. The molecule has 28 heavy (non-hydrogen) atoms. The second-order valence-corrected chi connectivity index (χ2v) is 11.7. The van der Waals surface area contributed by atoms with Crippen molar-refractivity contribution >= 4 is 48.4 Å². The smallest absolute Gasteiger partial charge is 0.261 e. The zero-order valence-corrected chi connectivity index (χ0v) is 18.5. The van der Waals surface area contributed by atoms with Crippen LogP contribution in [0.4, 0.5) is 0 Å². The second kappa shape index (κ2) is 5.26. The van der Waals surface area contributed by atoms with E-state index in [2.05, 4.69) is 20.8 Å². The van der Waals surface area contributed by atoms with Gasteiger partial charge >= 0.3 is 0 Å². The number of halogens is 1. The van der Waals surface area contributed by atoms with Crippen LogP contribution in [-0.4, -0.2) is 50.7 Å². The molecule has 146 valence electrons. The summed E-state index contributed by atoms with van der Waals surface area (Å²) in [7, 11) is 0.676. The van der Waals surface area contributed by atoms with E-state index in [-0.39, 0.29) is 25.0 Å². The minimum absolute atomic E-state index is 0.125. The summed E-state index contributed by atoms with van der Waals surface area (Å²) in [5.41, 5.74) is -0.260. The number of hydrogen-bond acceptors (Lipinski definition) is 5. The van der Waals surface area contributed by atoms with Crippen molar-refractivity contribution in [2.24, 2.45) is 0 Å². The van der Waals surface area contributed by atoms with Gasteiger partial charge in [0.2, 0.25) is 6.79 Å². The lowest BCUT2D eigenvalue weighted by Gasteiger charge is -2.39. The Balaban J connectivity index is 1.76. The molecule has 4 aliphatic rings. The van der Waals surface area contributed by atoms with Gasteiger partial charge in [0.05, 0.1) is 6.42 Å². The zero-order chi connectivity index (χ0) is 20.2. The van der Waals surface area contributed by atoms with Crippen LogP contribution in [0.1, 0.15) is 31.9 Å².